The van der Waals surface area contributed by atoms with Crippen LogP contribution in [0, 0.1) is 32.1 Å². The van der Waals surface area contributed by atoms with Crippen molar-refractivity contribution in [3.05, 3.63) is 50.8 Å². The van der Waals surface area contributed by atoms with Gasteiger partial charge in [0.1, 0.15) is 11.6 Å². The van der Waals surface area contributed by atoms with E-state index in [4.69, 9.17) is 5.26 Å². The fourth-order valence-electron chi connectivity index (χ4n) is 2.14. The Morgan fingerprint density at radius 1 is 1.23 bits per heavy atom. The van der Waals surface area contributed by atoms with E-state index in [2.05, 4.69) is 10.2 Å². The first kappa shape index (κ1) is 15.4. The zero-order valence-corrected chi connectivity index (χ0v) is 12.9. The van der Waals surface area contributed by atoms with E-state index in [0.717, 1.165) is 15.7 Å². The molecule has 0 atom stereocenters. The first-order valence-corrected chi connectivity index (χ1v) is 6.68. The van der Waals surface area contributed by atoms with Crippen molar-refractivity contribution in [3.8, 4) is 11.9 Å². The predicted octanol–water partition coefficient (Wildman–Crippen LogP) is 3.30. The highest BCUT2D eigenvalue weighted by Gasteiger charge is 2.16. The van der Waals surface area contributed by atoms with Crippen LogP contribution in [-0.4, -0.2) is 9.67 Å². The van der Waals surface area contributed by atoms with Gasteiger partial charge < -0.3 is 5.11 Å². The van der Waals surface area contributed by atoms with Gasteiger partial charge in [-0.05, 0) is 32.4 Å². The van der Waals surface area contributed by atoms with Crippen LogP contribution in [0.2, 0.25) is 0 Å². The number of azo groups is 1. The van der Waals surface area contributed by atoms with Gasteiger partial charge in [-0.1, -0.05) is 17.7 Å². The SMILES string of the molecule is Cc1ccc(N=Nc2c(C)c(C#N)c(O)n(C)c2=O)c(C)c1. The van der Waals surface area contributed by atoms with Gasteiger partial charge in [-0.3, -0.25) is 9.36 Å². The lowest BCUT2D eigenvalue weighted by Gasteiger charge is -2.08. The molecule has 1 heterocycles. The summed E-state index contributed by atoms with van der Waals surface area (Å²) in [5.41, 5.74) is 2.60. The zero-order chi connectivity index (χ0) is 16.4. The summed E-state index contributed by atoms with van der Waals surface area (Å²) in [4.78, 5) is 12.2. The van der Waals surface area contributed by atoms with Crippen molar-refractivity contribution in [2.24, 2.45) is 17.3 Å². The van der Waals surface area contributed by atoms with Crippen LogP contribution in [0.3, 0.4) is 0 Å². The molecule has 22 heavy (non-hydrogen) atoms. The first-order valence-electron chi connectivity index (χ1n) is 6.68. The maximum absolute atomic E-state index is 12.2. The average molecular weight is 296 g/mol. The monoisotopic (exact) mass is 296 g/mol. The Hall–Kier alpha value is -2.94. The average Bonchev–Trinajstić information content (AvgIpc) is 2.47. The number of hydrogen-bond donors (Lipinski definition) is 1. The minimum atomic E-state index is -0.498. The Bertz CT molecular complexity index is 873. The van der Waals surface area contributed by atoms with Crippen LogP contribution in [0.15, 0.2) is 33.2 Å². The normalized spacial score (nSPS) is 10.9. The van der Waals surface area contributed by atoms with Crippen molar-refractivity contribution in [1.29, 1.82) is 5.26 Å². The largest absolute Gasteiger partial charge is 0.493 e. The Balaban J connectivity index is 2.59. The Morgan fingerprint density at radius 3 is 2.50 bits per heavy atom. The smallest absolute Gasteiger partial charge is 0.281 e. The fourth-order valence-corrected chi connectivity index (χ4v) is 2.14. The van der Waals surface area contributed by atoms with Crippen molar-refractivity contribution in [3.63, 3.8) is 0 Å². The van der Waals surface area contributed by atoms with Gasteiger partial charge in [-0.2, -0.15) is 10.4 Å². The molecule has 0 spiro atoms. The minimum Gasteiger partial charge on any atom is -0.493 e. The number of nitriles is 1. The van der Waals surface area contributed by atoms with Gasteiger partial charge in [-0.25, -0.2) is 0 Å². The molecule has 0 amide bonds. The van der Waals surface area contributed by atoms with Gasteiger partial charge in [0.05, 0.1) is 5.69 Å². The van der Waals surface area contributed by atoms with Crippen LogP contribution >= 0.6 is 0 Å². The number of rotatable bonds is 2. The van der Waals surface area contributed by atoms with Gasteiger partial charge in [0.15, 0.2) is 5.69 Å². The molecule has 1 aromatic heterocycles. The standard InChI is InChI=1S/C16H16N4O2/c1-9-5-6-13(10(2)7-9)18-19-14-11(3)12(8-17)15(21)20(4)16(14)22/h5-7,21H,1-4H3. The molecule has 6 heteroatoms. The summed E-state index contributed by atoms with van der Waals surface area (Å²) in [5.74, 6) is -0.365. The van der Waals surface area contributed by atoms with Crippen LogP contribution in [0.1, 0.15) is 22.3 Å². The predicted molar refractivity (Wildman–Crippen MR) is 82.9 cm³/mol. The van der Waals surface area contributed by atoms with Crippen LogP contribution in [-0.2, 0) is 7.05 Å². The number of benzene rings is 1. The lowest BCUT2D eigenvalue weighted by Crippen LogP contribution is -2.18. The molecule has 0 unspecified atom stereocenters. The van der Waals surface area contributed by atoms with E-state index in [1.54, 1.807) is 6.92 Å². The highest BCUT2D eigenvalue weighted by molar-refractivity contribution is 5.57. The number of nitrogens with zero attached hydrogens (tertiary/aromatic N) is 4. The van der Waals surface area contributed by atoms with Crippen molar-refractivity contribution in [2.75, 3.05) is 0 Å². The number of aromatic hydroxyl groups is 1. The number of hydrogen-bond acceptors (Lipinski definition) is 5. The zero-order valence-electron chi connectivity index (χ0n) is 12.9. The molecule has 0 aliphatic rings. The Kier molecular flexibility index (Phi) is 4.08. The summed E-state index contributed by atoms with van der Waals surface area (Å²) >= 11 is 0. The molecular formula is C16H16N4O2. The highest BCUT2D eigenvalue weighted by atomic mass is 16.3. The number of aryl methyl sites for hydroxylation is 2. The molecule has 0 bridgehead atoms. The van der Waals surface area contributed by atoms with E-state index in [-0.39, 0.29) is 17.1 Å². The maximum atomic E-state index is 12.2. The molecular weight excluding hydrogens is 280 g/mol. The van der Waals surface area contributed by atoms with Crippen LogP contribution in [0.25, 0.3) is 0 Å². The summed E-state index contributed by atoms with van der Waals surface area (Å²) in [6.07, 6.45) is 0. The van der Waals surface area contributed by atoms with Crippen molar-refractivity contribution >= 4 is 11.4 Å². The summed E-state index contributed by atoms with van der Waals surface area (Å²) < 4.78 is 0.988. The molecule has 1 N–H and O–H groups in total. The third-order valence-electron chi connectivity index (χ3n) is 3.50. The minimum absolute atomic E-state index is 0.0247. The Labute approximate surface area is 128 Å². The molecule has 2 rings (SSSR count). The molecule has 1 aromatic carbocycles. The molecule has 0 aliphatic carbocycles. The topological polar surface area (TPSA) is 90.7 Å². The van der Waals surface area contributed by atoms with E-state index in [9.17, 15) is 9.90 Å². The van der Waals surface area contributed by atoms with Crippen LogP contribution < -0.4 is 5.56 Å². The molecule has 2 aromatic rings. The van der Waals surface area contributed by atoms with Gasteiger partial charge in [0.2, 0.25) is 5.88 Å². The third kappa shape index (κ3) is 2.61. The van der Waals surface area contributed by atoms with E-state index >= 15 is 0 Å². The third-order valence-corrected chi connectivity index (χ3v) is 3.50. The number of pyridine rings is 1. The second kappa shape index (κ2) is 5.82. The molecule has 0 saturated carbocycles. The van der Waals surface area contributed by atoms with Gasteiger partial charge in [-0.15, -0.1) is 5.11 Å². The van der Waals surface area contributed by atoms with Crippen molar-refractivity contribution in [1.82, 2.24) is 4.57 Å². The number of aromatic nitrogens is 1. The maximum Gasteiger partial charge on any atom is 0.281 e. The summed E-state index contributed by atoms with van der Waals surface area (Å²) in [5, 5.41) is 27.0. The van der Waals surface area contributed by atoms with Gasteiger partial charge >= 0.3 is 0 Å². The van der Waals surface area contributed by atoms with E-state index in [0.29, 0.717) is 11.3 Å². The lowest BCUT2D eigenvalue weighted by molar-refractivity contribution is 0.421. The molecule has 112 valence electrons. The lowest BCUT2D eigenvalue weighted by atomic mass is 10.1. The summed E-state index contributed by atoms with van der Waals surface area (Å²) in [6.45, 7) is 5.45. The van der Waals surface area contributed by atoms with Crippen LogP contribution in [0.4, 0.5) is 11.4 Å². The molecule has 0 aliphatic heterocycles. The van der Waals surface area contributed by atoms with Crippen molar-refractivity contribution < 1.29 is 5.11 Å². The highest BCUT2D eigenvalue weighted by Crippen LogP contribution is 2.27. The van der Waals surface area contributed by atoms with Gasteiger partial charge in [0, 0.05) is 12.6 Å². The fraction of sp³-hybridized carbons (Fsp3) is 0.250. The van der Waals surface area contributed by atoms with Crippen molar-refractivity contribution in [2.45, 2.75) is 20.8 Å². The summed E-state index contributed by atoms with van der Waals surface area (Å²) in [7, 11) is 1.38. The van der Waals surface area contributed by atoms with Gasteiger partial charge in [0.25, 0.3) is 5.56 Å². The molecule has 0 saturated heterocycles. The summed E-state index contributed by atoms with van der Waals surface area (Å²) in [6, 6.07) is 7.57. The molecule has 6 nitrogen and oxygen atoms in total. The first-order chi connectivity index (χ1) is 10.4. The second-order valence-corrected chi connectivity index (χ2v) is 5.14. The molecule has 0 fully saturated rings. The van der Waals surface area contributed by atoms with E-state index < -0.39 is 5.56 Å². The van der Waals surface area contributed by atoms with E-state index in [1.807, 2.05) is 38.1 Å². The van der Waals surface area contributed by atoms with Crippen LogP contribution in [0.5, 0.6) is 5.88 Å². The quantitative estimate of drug-likeness (QED) is 0.862. The molecule has 0 radical (unpaired) electrons. The Morgan fingerprint density at radius 2 is 1.91 bits per heavy atom. The van der Waals surface area contributed by atoms with E-state index in [1.165, 1.54) is 7.05 Å². The second-order valence-electron chi connectivity index (χ2n) is 5.14.